The predicted octanol–water partition coefficient (Wildman–Crippen LogP) is 5.50. The first-order valence-electron chi connectivity index (χ1n) is 10.1. The van der Waals surface area contributed by atoms with Gasteiger partial charge in [0.15, 0.2) is 0 Å². The van der Waals surface area contributed by atoms with Crippen LogP contribution in [0.25, 0.3) is 0 Å². The molecule has 2 amide bonds. The molecule has 0 rings (SSSR count). The van der Waals surface area contributed by atoms with E-state index in [1.54, 1.807) is 0 Å². The van der Waals surface area contributed by atoms with E-state index in [0.717, 1.165) is 30.3 Å². The van der Waals surface area contributed by atoms with Crippen LogP contribution in [0.3, 0.4) is 0 Å². The van der Waals surface area contributed by atoms with E-state index in [1.807, 2.05) is 12.4 Å². The Balaban J connectivity index is 0. The zero-order chi connectivity index (χ0) is 19.9. The standard InChI is InChI=1S/C21H40N2O3.Zn/c1-16(2)9-6-10-17(3)11-7-12-18(4)13-8-14-19(5)15-20(24)26-23-21(22)25;/h15-18H,6-14H2,1-5H3,(H3,22,23,25);/b19-15+;/t17-,18-;/m1./s1. The van der Waals surface area contributed by atoms with Crippen LogP contribution in [0.15, 0.2) is 11.6 Å². The van der Waals surface area contributed by atoms with Gasteiger partial charge >= 0.3 is 12.0 Å². The quantitative estimate of drug-likeness (QED) is 0.229. The molecule has 0 aliphatic rings. The zero-order valence-electron chi connectivity index (χ0n) is 18.2. The molecule has 3 N–H and O–H groups in total. The van der Waals surface area contributed by atoms with Crippen LogP contribution in [-0.2, 0) is 29.1 Å². The third kappa shape index (κ3) is 19.7. The number of rotatable bonds is 13. The van der Waals surface area contributed by atoms with Crippen molar-refractivity contribution in [2.24, 2.45) is 23.5 Å². The second-order valence-electron chi connectivity index (χ2n) is 8.24. The molecule has 0 aromatic carbocycles. The number of urea groups is 1. The number of hydrogen-bond acceptors (Lipinski definition) is 3. The molecule has 0 saturated carbocycles. The van der Waals surface area contributed by atoms with Crippen LogP contribution in [0.5, 0.6) is 0 Å². The number of amides is 2. The third-order valence-corrected chi connectivity index (χ3v) is 4.76. The number of allylic oxidation sites excluding steroid dienone is 1. The first-order valence-corrected chi connectivity index (χ1v) is 10.1. The molecular formula is C21H40N2O3Zn. The summed E-state index contributed by atoms with van der Waals surface area (Å²) in [6, 6.07) is -0.882. The maximum atomic E-state index is 11.4. The number of nitrogens with two attached hydrogens (primary N) is 1. The fourth-order valence-corrected chi connectivity index (χ4v) is 3.11. The molecule has 0 unspecified atom stereocenters. The summed E-state index contributed by atoms with van der Waals surface area (Å²) in [6.07, 6.45) is 12.5. The van der Waals surface area contributed by atoms with E-state index < -0.39 is 12.0 Å². The Bertz CT molecular complexity index is 439. The van der Waals surface area contributed by atoms with Gasteiger partial charge in [0.2, 0.25) is 0 Å². The molecule has 0 saturated heterocycles. The molecule has 0 aliphatic heterocycles. The van der Waals surface area contributed by atoms with Gasteiger partial charge < -0.3 is 10.6 Å². The monoisotopic (exact) mass is 432 g/mol. The van der Waals surface area contributed by atoms with Gasteiger partial charge in [0, 0.05) is 25.6 Å². The zero-order valence-corrected chi connectivity index (χ0v) is 21.1. The van der Waals surface area contributed by atoms with E-state index in [9.17, 15) is 9.59 Å². The number of nitrogens with one attached hydrogen (secondary N) is 1. The normalized spacial score (nSPS) is 13.6. The Morgan fingerprint density at radius 1 is 0.926 bits per heavy atom. The van der Waals surface area contributed by atoms with E-state index in [2.05, 4.69) is 32.5 Å². The number of primary amides is 1. The summed E-state index contributed by atoms with van der Waals surface area (Å²) in [5.74, 6) is 1.78. The molecule has 27 heavy (non-hydrogen) atoms. The van der Waals surface area contributed by atoms with Gasteiger partial charge in [-0.15, -0.1) is 0 Å². The molecule has 2 atom stereocenters. The minimum Gasteiger partial charge on any atom is -0.349 e. The molecule has 0 aliphatic carbocycles. The summed E-state index contributed by atoms with van der Waals surface area (Å²) in [5.41, 5.74) is 7.60. The van der Waals surface area contributed by atoms with Crippen LogP contribution in [0.1, 0.15) is 92.4 Å². The summed E-state index contributed by atoms with van der Waals surface area (Å²) in [7, 11) is 0. The molecule has 0 heterocycles. The second kappa shape index (κ2) is 17.2. The molecule has 0 fully saturated rings. The largest absolute Gasteiger partial charge is 0.355 e. The Morgan fingerprint density at radius 3 is 1.89 bits per heavy atom. The first kappa shape index (κ1) is 28.3. The molecule has 0 aromatic rings. The van der Waals surface area contributed by atoms with Gasteiger partial charge in [0.25, 0.3) is 0 Å². The van der Waals surface area contributed by atoms with Gasteiger partial charge in [-0.25, -0.2) is 9.59 Å². The van der Waals surface area contributed by atoms with Crippen molar-refractivity contribution in [3.05, 3.63) is 11.6 Å². The van der Waals surface area contributed by atoms with Gasteiger partial charge in [-0.1, -0.05) is 78.2 Å². The molecule has 5 nitrogen and oxygen atoms in total. The van der Waals surface area contributed by atoms with Crippen LogP contribution in [0.4, 0.5) is 4.79 Å². The summed E-state index contributed by atoms with van der Waals surface area (Å²) >= 11 is 0. The minimum atomic E-state index is -0.882. The van der Waals surface area contributed by atoms with Crippen LogP contribution >= 0.6 is 0 Å². The van der Waals surface area contributed by atoms with Crippen LogP contribution in [0, 0.1) is 17.8 Å². The second-order valence-corrected chi connectivity index (χ2v) is 8.24. The summed E-state index contributed by atoms with van der Waals surface area (Å²) in [4.78, 5) is 26.3. The Morgan fingerprint density at radius 2 is 1.41 bits per heavy atom. The van der Waals surface area contributed by atoms with Gasteiger partial charge in [-0.05, 0) is 37.5 Å². The molecule has 0 radical (unpaired) electrons. The fraction of sp³-hybridized carbons (Fsp3) is 0.810. The molecule has 154 valence electrons. The van der Waals surface area contributed by atoms with Crippen molar-refractivity contribution in [3.8, 4) is 0 Å². The van der Waals surface area contributed by atoms with Crippen LogP contribution in [0.2, 0.25) is 0 Å². The van der Waals surface area contributed by atoms with Crippen LogP contribution in [-0.4, -0.2) is 12.0 Å². The Hall–Kier alpha value is -0.897. The van der Waals surface area contributed by atoms with Gasteiger partial charge in [0.1, 0.15) is 0 Å². The topological polar surface area (TPSA) is 81.4 Å². The molecule has 6 heteroatoms. The van der Waals surface area contributed by atoms with Crippen molar-refractivity contribution in [1.82, 2.24) is 5.48 Å². The van der Waals surface area contributed by atoms with Crippen LogP contribution < -0.4 is 11.2 Å². The maximum absolute atomic E-state index is 11.4. The fourth-order valence-electron chi connectivity index (χ4n) is 3.11. The predicted molar refractivity (Wildman–Crippen MR) is 107 cm³/mol. The van der Waals surface area contributed by atoms with E-state index in [4.69, 9.17) is 5.73 Å². The van der Waals surface area contributed by atoms with Gasteiger partial charge in [0.05, 0.1) is 0 Å². The average molecular weight is 434 g/mol. The van der Waals surface area contributed by atoms with Gasteiger partial charge in [-0.2, -0.15) is 5.48 Å². The van der Waals surface area contributed by atoms with Gasteiger partial charge in [-0.3, -0.25) is 0 Å². The van der Waals surface area contributed by atoms with E-state index in [1.165, 1.54) is 51.0 Å². The number of carbonyl (C=O) groups excluding carboxylic acids is 2. The average Bonchev–Trinajstić information content (AvgIpc) is 2.52. The van der Waals surface area contributed by atoms with E-state index >= 15 is 0 Å². The molecular weight excluding hydrogens is 394 g/mol. The SMILES string of the molecule is C/C(=C\C(=O)ONC(N)=O)CCC[C@H](C)CCC[C@H](C)CCCC(C)C.[Zn]. The van der Waals surface area contributed by atoms with Crippen molar-refractivity contribution in [2.45, 2.75) is 92.4 Å². The third-order valence-electron chi connectivity index (χ3n) is 4.76. The maximum Gasteiger partial charge on any atom is 0.355 e. The number of carbonyl (C=O) groups is 2. The number of hydroxylamine groups is 1. The minimum absolute atomic E-state index is 0. The number of hydrogen-bond donors (Lipinski definition) is 2. The van der Waals surface area contributed by atoms with Crippen molar-refractivity contribution in [2.75, 3.05) is 0 Å². The molecule has 0 bridgehead atoms. The first-order chi connectivity index (χ1) is 12.2. The van der Waals surface area contributed by atoms with E-state index in [0.29, 0.717) is 5.92 Å². The Kier molecular flexibility index (Phi) is 18.1. The molecule has 0 aromatic heterocycles. The van der Waals surface area contributed by atoms with Crippen molar-refractivity contribution >= 4 is 12.0 Å². The Labute approximate surface area is 179 Å². The van der Waals surface area contributed by atoms with Crippen molar-refractivity contribution in [1.29, 1.82) is 0 Å². The summed E-state index contributed by atoms with van der Waals surface area (Å²) < 4.78 is 0. The smallest absolute Gasteiger partial charge is 0.349 e. The van der Waals surface area contributed by atoms with Crippen molar-refractivity contribution in [3.63, 3.8) is 0 Å². The summed E-state index contributed by atoms with van der Waals surface area (Å²) in [5, 5.41) is 0. The summed E-state index contributed by atoms with van der Waals surface area (Å²) in [6.45, 7) is 11.2. The van der Waals surface area contributed by atoms with Crippen molar-refractivity contribution < 1.29 is 33.9 Å². The molecule has 0 spiro atoms. The van der Waals surface area contributed by atoms with E-state index in [-0.39, 0.29) is 19.5 Å².